The van der Waals surface area contributed by atoms with Crippen molar-refractivity contribution < 1.29 is 19.0 Å². The average molecular weight is 367 g/mol. The quantitative estimate of drug-likeness (QED) is 0.633. The Morgan fingerprint density at radius 1 is 1.11 bits per heavy atom. The summed E-state index contributed by atoms with van der Waals surface area (Å²) in [6.07, 6.45) is 1.65. The van der Waals surface area contributed by atoms with Crippen LogP contribution < -0.4 is 14.8 Å². The third-order valence-electron chi connectivity index (χ3n) is 3.85. The van der Waals surface area contributed by atoms with Crippen LogP contribution in [0.5, 0.6) is 11.6 Å². The minimum absolute atomic E-state index is 0.193. The van der Waals surface area contributed by atoms with Crippen LogP contribution in [0.2, 0.25) is 0 Å². The molecule has 7 nitrogen and oxygen atoms in total. The number of ether oxygens (including phenoxy) is 3. The van der Waals surface area contributed by atoms with Crippen molar-refractivity contribution in [2.45, 2.75) is 13.8 Å². The van der Waals surface area contributed by atoms with E-state index in [0.717, 1.165) is 11.4 Å². The van der Waals surface area contributed by atoms with Gasteiger partial charge in [0, 0.05) is 17.3 Å². The molecule has 0 saturated carbocycles. The maximum atomic E-state index is 12.7. The van der Waals surface area contributed by atoms with Gasteiger partial charge >= 0.3 is 5.97 Å². The number of methoxy groups -OCH3 is 1. The Bertz CT molecular complexity index is 942. The summed E-state index contributed by atoms with van der Waals surface area (Å²) in [5.74, 6) is 0.427. The zero-order chi connectivity index (χ0) is 19.2. The highest BCUT2D eigenvalue weighted by molar-refractivity contribution is 6.07. The Labute approximate surface area is 157 Å². The van der Waals surface area contributed by atoms with Crippen molar-refractivity contribution in [3.05, 3.63) is 48.2 Å². The standard InChI is InChI=1S/C20H21N3O4/c1-4-26-19-16(20(24)27-5-2)17(15-7-6-12-21-18(15)23-19)22-13-8-10-14(25-3)11-9-13/h6-12H,4-5H2,1-3H3,(H,21,22,23). The van der Waals surface area contributed by atoms with E-state index >= 15 is 0 Å². The van der Waals surface area contributed by atoms with Crippen LogP contribution >= 0.6 is 0 Å². The molecule has 7 heteroatoms. The summed E-state index contributed by atoms with van der Waals surface area (Å²) in [6, 6.07) is 11.0. The largest absolute Gasteiger partial charge is 0.497 e. The molecular formula is C20H21N3O4. The number of nitrogens with one attached hydrogen (secondary N) is 1. The van der Waals surface area contributed by atoms with Crippen molar-refractivity contribution in [1.29, 1.82) is 0 Å². The Balaban J connectivity index is 2.18. The molecule has 0 fully saturated rings. The highest BCUT2D eigenvalue weighted by atomic mass is 16.5. The van der Waals surface area contributed by atoms with Gasteiger partial charge in [0.1, 0.15) is 11.3 Å². The van der Waals surface area contributed by atoms with Crippen molar-refractivity contribution in [3.8, 4) is 11.6 Å². The van der Waals surface area contributed by atoms with Crippen molar-refractivity contribution >= 4 is 28.4 Å². The fraction of sp³-hybridized carbons (Fsp3) is 0.250. The van der Waals surface area contributed by atoms with E-state index < -0.39 is 5.97 Å². The van der Waals surface area contributed by atoms with Crippen LogP contribution in [0.3, 0.4) is 0 Å². The van der Waals surface area contributed by atoms with Crippen molar-refractivity contribution in [3.63, 3.8) is 0 Å². The molecular weight excluding hydrogens is 346 g/mol. The average Bonchev–Trinajstić information content (AvgIpc) is 2.69. The second kappa shape index (κ2) is 8.35. The van der Waals surface area contributed by atoms with E-state index in [2.05, 4.69) is 15.3 Å². The van der Waals surface area contributed by atoms with Crippen LogP contribution in [0.25, 0.3) is 11.0 Å². The Hall–Kier alpha value is -3.35. The van der Waals surface area contributed by atoms with Gasteiger partial charge in [0.25, 0.3) is 0 Å². The summed E-state index contributed by atoms with van der Waals surface area (Å²) < 4.78 is 16.0. The van der Waals surface area contributed by atoms with Crippen LogP contribution in [-0.4, -0.2) is 36.3 Å². The van der Waals surface area contributed by atoms with Crippen molar-refractivity contribution in [1.82, 2.24) is 9.97 Å². The lowest BCUT2D eigenvalue weighted by molar-refractivity contribution is 0.0522. The summed E-state index contributed by atoms with van der Waals surface area (Å²) in [5.41, 5.74) is 2.04. The van der Waals surface area contributed by atoms with Gasteiger partial charge in [-0.3, -0.25) is 0 Å². The number of nitrogens with zero attached hydrogens (tertiary/aromatic N) is 2. The number of benzene rings is 1. The van der Waals surface area contributed by atoms with Gasteiger partial charge in [0.15, 0.2) is 5.65 Å². The summed E-state index contributed by atoms with van der Waals surface area (Å²) in [4.78, 5) is 21.4. The lowest BCUT2D eigenvalue weighted by atomic mass is 10.1. The first kappa shape index (κ1) is 18.4. The molecule has 1 aromatic carbocycles. The van der Waals surface area contributed by atoms with Gasteiger partial charge in [-0.05, 0) is 50.2 Å². The number of aromatic nitrogens is 2. The fourth-order valence-corrected chi connectivity index (χ4v) is 2.66. The number of carbonyl (C=O) groups excluding carboxylic acids is 1. The number of carbonyl (C=O) groups is 1. The van der Waals surface area contributed by atoms with Crippen LogP contribution in [0.1, 0.15) is 24.2 Å². The third kappa shape index (κ3) is 3.92. The lowest BCUT2D eigenvalue weighted by Gasteiger charge is -2.17. The van der Waals surface area contributed by atoms with Gasteiger partial charge in [0.05, 0.1) is 26.0 Å². The van der Waals surface area contributed by atoms with E-state index in [4.69, 9.17) is 14.2 Å². The zero-order valence-corrected chi connectivity index (χ0v) is 15.5. The fourth-order valence-electron chi connectivity index (χ4n) is 2.66. The predicted molar refractivity (Wildman–Crippen MR) is 103 cm³/mol. The highest BCUT2D eigenvalue weighted by Gasteiger charge is 2.24. The van der Waals surface area contributed by atoms with Crippen LogP contribution in [-0.2, 0) is 4.74 Å². The molecule has 0 radical (unpaired) electrons. The molecule has 1 N–H and O–H groups in total. The minimum atomic E-state index is -0.504. The number of hydrogen-bond acceptors (Lipinski definition) is 7. The Kier molecular flexibility index (Phi) is 5.71. The van der Waals surface area contributed by atoms with E-state index in [0.29, 0.717) is 23.3 Å². The summed E-state index contributed by atoms with van der Waals surface area (Å²) >= 11 is 0. The van der Waals surface area contributed by atoms with Gasteiger partial charge in [-0.2, -0.15) is 4.98 Å². The smallest absolute Gasteiger partial charge is 0.345 e. The van der Waals surface area contributed by atoms with Crippen LogP contribution in [0.4, 0.5) is 11.4 Å². The predicted octanol–water partition coefficient (Wildman–Crippen LogP) is 3.96. The van der Waals surface area contributed by atoms with Gasteiger partial charge in [-0.1, -0.05) is 0 Å². The van der Waals surface area contributed by atoms with E-state index in [9.17, 15) is 4.79 Å². The first-order valence-corrected chi connectivity index (χ1v) is 8.67. The summed E-state index contributed by atoms with van der Waals surface area (Å²) in [5, 5.41) is 3.98. The molecule has 3 rings (SSSR count). The molecule has 0 aliphatic rings. The van der Waals surface area contributed by atoms with E-state index in [1.165, 1.54) is 0 Å². The molecule has 3 aromatic rings. The second-order valence-corrected chi connectivity index (χ2v) is 5.55. The maximum Gasteiger partial charge on any atom is 0.345 e. The third-order valence-corrected chi connectivity index (χ3v) is 3.85. The number of esters is 1. The molecule has 0 spiro atoms. The van der Waals surface area contributed by atoms with E-state index in [1.54, 1.807) is 26.3 Å². The second-order valence-electron chi connectivity index (χ2n) is 5.55. The summed E-state index contributed by atoms with van der Waals surface area (Å²) in [7, 11) is 1.61. The Morgan fingerprint density at radius 2 is 1.89 bits per heavy atom. The normalized spacial score (nSPS) is 10.5. The molecule has 140 valence electrons. The molecule has 0 atom stereocenters. The van der Waals surface area contributed by atoms with Gasteiger partial charge < -0.3 is 19.5 Å². The Morgan fingerprint density at radius 3 is 2.56 bits per heavy atom. The molecule has 27 heavy (non-hydrogen) atoms. The maximum absolute atomic E-state index is 12.7. The molecule has 0 bridgehead atoms. The lowest BCUT2D eigenvalue weighted by Crippen LogP contribution is -2.13. The molecule has 2 aromatic heterocycles. The first-order chi connectivity index (χ1) is 13.2. The molecule has 0 saturated heterocycles. The molecule has 0 aliphatic heterocycles. The zero-order valence-electron chi connectivity index (χ0n) is 15.5. The van der Waals surface area contributed by atoms with E-state index in [1.807, 2.05) is 37.3 Å². The monoisotopic (exact) mass is 367 g/mol. The van der Waals surface area contributed by atoms with Crippen molar-refractivity contribution in [2.75, 3.05) is 25.6 Å². The molecule has 0 aliphatic carbocycles. The SMILES string of the molecule is CCOC(=O)c1c(OCC)nc2ncccc2c1Nc1ccc(OC)cc1. The number of pyridine rings is 2. The highest BCUT2D eigenvalue weighted by Crippen LogP contribution is 2.35. The van der Waals surface area contributed by atoms with Crippen molar-refractivity contribution in [2.24, 2.45) is 0 Å². The van der Waals surface area contributed by atoms with Crippen LogP contribution in [0, 0.1) is 0 Å². The molecule has 0 amide bonds. The summed E-state index contributed by atoms with van der Waals surface area (Å²) in [6.45, 7) is 4.19. The topological polar surface area (TPSA) is 82.6 Å². The minimum Gasteiger partial charge on any atom is -0.497 e. The van der Waals surface area contributed by atoms with Gasteiger partial charge in [0.2, 0.25) is 5.88 Å². The first-order valence-electron chi connectivity index (χ1n) is 8.67. The molecule has 2 heterocycles. The number of rotatable bonds is 7. The number of hydrogen-bond donors (Lipinski definition) is 1. The number of anilines is 2. The van der Waals surface area contributed by atoms with Gasteiger partial charge in [-0.25, -0.2) is 9.78 Å². The number of fused-ring (bicyclic) bond motifs is 1. The molecule has 0 unspecified atom stereocenters. The van der Waals surface area contributed by atoms with Crippen LogP contribution in [0.15, 0.2) is 42.6 Å². The van der Waals surface area contributed by atoms with Gasteiger partial charge in [-0.15, -0.1) is 0 Å². The van der Waals surface area contributed by atoms with E-state index in [-0.39, 0.29) is 18.1 Å².